The molecule has 0 saturated heterocycles. The van der Waals surface area contributed by atoms with Gasteiger partial charge in [-0.2, -0.15) is 5.26 Å². The number of amides is 1. The van der Waals surface area contributed by atoms with Crippen LogP contribution in [0.3, 0.4) is 0 Å². The summed E-state index contributed by atoms with van der Waals surface area (Å²) >= 11 is 0. The number of nitrogens with one attached hydrogen (secondary N) is 1. The van der Waals surface area contributed by atoms with Crippen molar-refractivity contribution in [3.05, 3.63) is 83.4 Å². The van der Waals surface area contributed by atoms with Crippen molar-refractivity contribution in [2.24, 2.45) is 0 Å². The SMILES string of the molecule is CCc1ccc(N(CC(=O)Nc2ccc(CC#N)cc2)S(=O)(=O)c2ccc(C)cc2)c(OC)c1. The quantitative estimate of drug-likeness (QED) is 0.490. The average molecular weight is 478 g/mol. The molecule has 7 nitrogen and oxygen atoms in total. The first-order chi connectivity index (χ1) is 16.3. The summed E-state index contributed by atoms with van der Waals surface area (Å²) in [5.74, 6) is -0.144. The molecule has 1 N–H and O–H groups in total. The van der Waals surface area contributed by atoms with E-state index < -0.39 is 22.5 Å². The van der Waals surface area contributed by atoms with Gasteiger partial charge in [-0.15, -0.1) is 0 Å². The van der Waals surface area contributed by atoms with E-state index in [1.54, 1.807) is 48.5 Å². The van der Waals surface area contributed by atoms with Crippen molar-refractivity contribution in [1.82, 2.24) is 0 Å². The summed E-state index contributed by atoms with van der Waals surface area (Å²) in [6, 6.07) is 20.6. The van der Waals surface area contributed by atoms with Crippen molar-refractivity contribution in [2.45, 2.75) is 31.6 Å². The molecule has 0 saturated carbocycles. The normalized spacial score (nSPS) is 10.9. The van der Waals surface area contributed by atoms with E-state index in [2.05, 4.69) is 11.4 Å². The highest BCUT2D eigenvalue weighted by Gasteiger charge is 2.29. The van der Waals surface area contributed by atoms with Gasteiger partial charge in [0.15, 0.2) is 0 Å². The molecule has 0 bridgehead atoms. The number of benzene rings is 3. The lowest BCUT2D eigenvalue weighted by molar-refractivity contribution is -0.114. The van der Waals surface area contributed by atoms with Gasteiger partial charge in [-0.25, -0.2) is 8.42 Å². The number of anilines is 2. The first kappa shape index (κ1) is 24.8. The number of carbonyl (C=O) groups is 1. The van der Waals surface area contributed by atoms with Crippen LogP contribution in [-0.4, -0.2) is 28.0 Å². The van der Waals surface area contributed by atoms with Crippen molar-refractivity contribution in [2.75, 3.05) is 23.3 Å². The van der Waals surface area contributed by atoms with Crippen molar-refractivity contribution in [3.8, 4) is 11.8 Å². The molecule has 0 aliphatic heterocycles. The number of carbonyl (C=O) groups excluding carboxylic acids is 1. The highest BCUT2D eigenvalue weighted by Crippen LogP contribution is 2.33. The lowest BCUT2D eigenvalue weighted by Crippen LogP contribution is -2.38. The smallest absolute Gasteiger partial charge is 0.264 e. The van der Waals surface area contributed by atoms with E-state index in [9.17, 15) is 13.2 Å². The molecule has 3 aromatic carbocycles. The molecule has 0 unspecified atom stereocenters. The van der Waals surface area contributed by atoms with Crippen LogP contribution in [0.15, 0.2) is 71.6 Å². The van der Waals surface area contributed by atoms with Gasteiger partial charge >= 0.3 is 0 Å². The van der Waals surface area contributed by atoms with Gasteiger partial charge in [0, 0.05) is 5.69 Å². The van der Waals surface area contributed by atoms with Gasteiger partial charge in [-0.1, -0.05) is 42.8 Å². The monoisotopic (exact) mass is 477 g/mol. The first-order valence-electron chi connectivity index (χ1n) is 10.8. The van der Waals surface area contributed by atoms with Gasteiger partial charge < -0.3 is 10.1 Å². The van der Waals surface area contributed by atoms with E-state index in [-0.39, 0.29) is 17.0 Å². The molecule has 0 aliphatic rings. The lowest BCUT2D eigenvalue weighted by atomic mass is 10.1. The largest absolute Gasteiger partial charge is 0.495 e. The van der Waals surface area contributed by atoms with Crippen LogP contribution in [0.2, 0.25) is 0 Å². The number of aryl methyl sites for hydroxylation is 2. The van der Waals surface area contributed by atoms with Crippen LogP contribution in [0.4, 0.5) is 11.4 Å². The Morgan fingerprint density at radius 1 is 1.03 bits per heavy atom. The van der Waals surface area contributed by atoms with Crippen molar-refractivity contribution >= 4 is 27.3 Å². The molecular formula is C26H27N3O4S. The Kier molecular flexibility index (Phi) is 7.92. The second-order valence-corrected chi connectivity index (χ2v) is 9.63. The lowest BCUT2D eigenvalue weighted by Gasteiger charge is -2.26. The average Bonchev–Trinajstić information content (AvgIpc) is 2.84. The zero-order chi connectivity index (χ0) is 24.7. The van der Waals surface area contributed by atoms with Crippen LogP contribution in [0, 0.1) is 18.3 Å². The fraction of sp³-hybridized carbons (Fsp3) is 0.231. The molecule has 34 heavy (non-hydrogen) atoms. The Morgan fingerprint density at radius 3 is 2.26 bits per heavy atom. The molecule has 0 spiro atoms. The van der Waals surface area contributed by atoms with Crippen LogP contribution >= 0.6 is 0 Å². The molecule has 1 amide bonds. The number of methoxy groups -OCH3 is 1. The van der Waals surface area contributed by atoms with Crippen LogP contribution in [0.25, 0.3) is 0 Å². The van der Waals surface area contributed by atoms with Gasteiger partial charge in [0.05, 0.1) is 30.2 Å². The summed E-state index contributed by atoms with van der Waals surface area (Å²) < 4.78 is 33.8. The van der Waals surface area contributed by atoms with Crippen LogP contribution in [-0.2, 0) is 27.7 Å². The maximum atomic E-state index is 13.6. The third-order valence-corrected chi connectivity index (χ3v) is 7.11. The summed E-state index contributed by atoms with van der Waals surface area (Å²) in [6.45, 7) is 3.42. The second kappa shape index (κ2) is 10.9. The van der Waals surface area contributed by atoms with Gasteiger partial charge in [0.1, 0.15) is 12.3 Å². The summed E-state index contributed by atoms with van der Waals surface area (Å²) in [5, 5.41) is 11.5. The number of hydrogen-bond donors (Lipinski definition) is 1. The zero-order valence-electron chi connectivity index (χ0n) is 19.4. The van der Waals surface area contributed by atoms with Gasteiger partial charge in [0.2, 0.25) is 5.91 Å². The van der Waals surface area contributed by atoms with Crippen molar-refractivity contribution in [3.63, 3.8) is 0 Å². The Morgan fingerprint density at radius 2 is 1.68 bits per heavy atom. The fourth-order valence-electron chi connectivity index (χ4n) is 3.41. The van der Waals surface area contributed by atoms with E-state index in [0.29, 0.717) is 11.4 Å². The summed E-state index contributed by atoms with van der Waals surface area (Å²) in [6.07, 6.45) is 1.02. The summed E-state index contributed by atoms with van der Waals surface area (Å²) in [5.41, 5.74) is 3.51. The highest BCUT2D eigenvalue weighted by atomic mass is 32.2. The standard InChI is InChI=1S/C26H27N3O4S/c1-4-20-9-14-24(25(17-20)33-3)29(34(31,32)23-12-5-19(2)6-13-23)18-26(30)28-22-10-7-21(8-11-22)15-16-27/h5-14,17H,4,15,18H2,1-3H3,(H,28,30). The number of sulfonamides is 1. The van der Waals surface area contributed by atoms with E-state index >= 15 is 0 Å². The Bertz CT molecular complexity index is 1300. The molecule has 0 radical (unpaired) electrons. The molecule has 0 heterocycles. The molecule has 8 heteroatoms. The zero-order valence-corrected chi connectivity index (χ0v) is 20.2. The maximum Gasteiger partial charge on any atom is 0.264 e. The third-order valence-electron chi connectivity index (χ3n) is 5.34. The molecule has 3 rings (SSSR count). The Labute approximate surface area is 200 Å². The van der Waals surface area contributed by atoms with E-state index in [1.165, 1.54) is 19.2 Å². The van der Waals surface area contributed by atoms with E-state index in [4.69, 9.17) is 10.00 Å². The fourth-order valence-corrected chi connectivity index (χ4v) is 4.84. The predicted molar refractivity (Wildman–Crippen MR) is 132 cm³/mol. The maximum absolute atomic E-state index is 13.6. The summed E-state index contributed by atoms with van der Waals surface area (Å²) in [4.78, 5) is 13.0. The predicted octanol–water partition coefficient (Wildman–Crippen LogP) is 4.47. The van der Waals surface area contributed by atoms with Crippen LogP contribution in [0.1, 0.15) is 23.6 Å². The topological polar surface area (TPSA) is 99.5 Å². The van der Waals surface area contributed by atoms with Gasteiger partial charge in [0.25, 0.3) is 10.0 Å². The van der Waals surface area contributed by atoms with Crippen molar-refractivity contribution in [1.29, 1.82) is 5.26 Å². The number of nitriles is 1. The number of rotatable bonds is 9. The van der Waals surface area contributed by atoms with E-state index in [0.717, 1.165) is 27.4 Å². The second-order valence-electron chi connectivity index (χ2n) is 7.76. The highest BCUT2D eigenvalue weighted by molar-refractivity contribution is 7.92. The molecule has 0 atom stereocenters. The number of nitrogens with zero attached hydrogens (tertiary/aromatic N) is 2. The molecule has 176 valence electrons. The minimum atomic E-state index is -4.07. The van der Waals surface area contributed by atoms with Gasteiger partial charge in [-0.3, -0.25) is 9.10 Å². The van der Waals surface area contributed by atoms with E-state index in [1.807, 2.05) is 19.9 Å². The molecular weight excluding hydrogens is 450 g/mol. The van der Waals surface area contributed by atoms with Crippen LogP contribution in [0.5, 0.6) is 5.75 Å². The molecule has 0 aromatic heterocycles. The Hall–Kier alpha value is -3.83. The number of hydrogen-bond acceptors (Lipinski definition) is 5. The van der Waals surface area contributed by atoms with Gasteiger partial charge in [-0.05, 0) is 60.9 Å². The molecule has 3 aromatic rings. The van der Waals surface area contributed by atoms with Crippen molar-refractivity contribution < 1.29 is 17.9 Å². The molecule has 0 fully saturated rings. The third kappa shape index (κ3) is 5.74. The minimum absolute atomic E-state index is 0.0772. The first-order valence-corrected chi connectivity index (χ1v) is 12.2. The minimum Gasteiger partial charge on any atom is -0.495 e. The Balaban J connectivity index is 1.97. The number of ether oxygens (including phenoxy) is 1. The molecule has 0 aliphatic carbocycles. The summed E-state index contributed by atoms with van der Waals surface area (Å²) in [7, 11) is -2.60. The van der Waals surface area contributed by atoms with Crippen LogP contribution < -0.4 is 14.4 Å².